The van der Waals surface area contributed by atoms with Crippen LogP contribution in [0.5, 0.6) is 0 Å². The Bertz CT molecular complexity index is 574. The third-order valence-electron chi connectivity index (χ3n) is 3.74. The van der Waals surface area contributed by atoms with Crippen LogP contribution in [0, 0.1) is 18.7 Å². The van der Waals surface area contributed by atoms with Crippen LogP contribution in [0.3, 0.4) is 0 Å². The van der Waals surface area contributed by atoms with Crippen molar-refractivity contribution in [2.24, 2.45) is 5.92 Å². The van der Waals surface area contributed by atoms with E-state index in [9.17, 15) is 17.9 Å². The Hall–Kier alpha value is -0.980. The zero-order valence-electron chi connectivity index (χ0n) is 11.5. The molecule has 0 radical (unpaired) electrons. The summed E-state index contributed by atoms with van der Waals surface area (Å²) in [6.45, 7) is 1.89. The molecule has 2 atom stereocenters. The van der Waals surface area contributed by atoms with Gasteiger partial charge in [0.2, 0.25) is 10.0 Å². The summed E-state index contributed by atoms with van der Waals surface area (Å²) >= 11 is 0. The first kappa shape index (κ1) is 15.4. The molecular weight excluding hydrogens is 281 g/mol. The van der Waals surface area contributed by atoms with Crippen LogP contribution >= 0.6 is 0 Å². The van der Waals surface area contributed by atoms with E-state index < -0.39 is 15.8 Å². The zero-order valence-corrected chi connectivity index (χ0v) is 12.3. The topological polar surface area (TPSA) is 66.4 Å². The molecule has 112 valence electrons. The van der Waals surface area contributed by atoms with E-state index in [0.717, 1.165) is 25.3 Å². The summed E-state index contributed by atoms with van der Waals surface area (Å²) in [5.74, 6) is -0.286. The molecule has 20 heavy (non-hydrogen) atoms. The minimum absolute atomic E-state index is 0.107. The van der Waals surface area contributed by atoms with E-state index in [1.165, 1.54) is 12.1 Å². The van der Waals surface area contributed by atoms with E-state index in [4.69, 9.17) is 0 Å². The van der Waals surface area contributed by atoms with Gasteiger partial charge in [0, 0.05) is 6.54 Å². The maximum Gasteiger partial charge on any atom is 0.240 e. The molecule has 6 heteroatoms. The van der Waals surface area contributed by atoms with Crippen molar-refractivity contribution >= 4 is 10.0 Å². The Kier molecular flexibility index (Phi) is 4.78. The molecule has 0 bridgehead atoms. The van der Waals surface area contributed by atoms with Crippen LogP contribution in [0.15, 0.2) is 23.1 Å². The van der Waals surface area contributed by atoms with Gasteiger partial charge in [0.05, 0.1) is 11.0 Å². The van der Waals surface area contributed by atoms with Gasteiger partial charge in [0.1, 0.15) is 5.82 Å². The summed E-state index contributed by atoms with van der Waals surface area (Å²) in [6.07, 6.45) is 2.93. The Morgan fingerprint density at radius 3 is 2.80 bits per heavy atom. The van der Waals surface area contributed by atoms with Gasteiger partial charge in [-0.2, -0.15) is 0 Å². The van der Waals surface area contributed by atoms with Crippen molar-refractivity contribution in [3.05, 3.63) is 29.6 Å². The molecule has 0 aromatic heterocycles. The fraction of sp³-hybridized carbons (Fsp3) is 0.571. The van der Waals surface area contributed by atoms with E-state index in [1.54, 1.807) is 6.92 Å². The zero-order chi connectivity index (χ0) is 14.8. The predicted molar refractivity (Wildman–Crippen MR) is 74.3 cm³/mol. The van der Waals surface area contributed by atoms with E-state index in [0.29, 0.717) is 18.5 Å². The number of rotatable bonds is 4. The maximum atomic E-state index is 13.0. The smallest absolute Gasteiger partial charge is 0.240 e. The Labute approximate surface area is 119 Å². The first-order chi connectivity index (χ1) is 9.38. The average molecular weight is 301 g/mol. The minimum Gasteiger partial charge on any atom is -0.393 e. The minimum atomic E-state index is -3.62. The molecule has 2 unspecified atom stereocenters. The standard InChI is InChI=1S/C14H20FNO3S/c1-10-7-12(15)5-6-14(10)20(18,19)16-9-11-3-2-4-13(17)8-11/h5-7,11,13,16-17H,2-4,8-9H2,1H3. The largest absolute Gasteiger partial charge is 0.393 e. The highest BCUT2D eigenvalue weighted by Gasteiger charge is 2.23. The van der Waals surface area contributed by atoms with Gasteiger partial charge < -0.3 is 5.11 Å². The average Bonchev–Trinajstić information content (AvgIpc) is 2.36. The summed E-state index contributed by atoms with van der Waals surface area (Å²) < 4.78 is 40.0. The van der Waals surface area contributed by atoms with Gasteiger partial charge in [-0.1, -0.05) is 6.42 Å². The molecule has 2 rings (SSSR count). The van der Waals surface area contributed by atoms with Gasteiger partial charge in [-0.05, 0) is 55.9 Å². The number of nitrogens with one attached hydrogen (secondary N) is 1. The lowest BCUT2D eigenvalue weighted by Crippen LogP contribution is -2.33. The molecule has 1 saturated carbocycles. The van der Waals surface area contributed by atoms with Crippen LogP contribution < -0.4 is 4.72 Å². The molecule has 1 aliphatic rings. The SMILES string of the molecule is Cc1cc(F)ccc1S(=O)(=O)NCC1CCCC(O)C1. The third kappa shape index (κ3) is 3.77. The lowest BCUT2D eigenvalue weighted by atomic mass is 9.87. The van der Waals surface area contributed by atoms with E-state index in [1.807, 2.05) is 0 Å². The highest BCUT2D eigenvalue weighted by molar-refractivity contribution is 7.89. The van der Waals surface area contributed by atoms with Gasteiger partial charge in [-0.3, -0.25) is 0 Å². The molecule has 1 fully saturated rings. The number of halogens is 1. The molecule has 4 nitrogen and oxygen atoms in total. The lowest BCUT2D eigenvalue weighted by Gasteiger charge is -2.25. The number of sulfonamides is 1. The number of benzene rings is 1. The molecule has 1 aromatic carbocycles. The van der Waals surface area contributed by atoms with Gasteiger partial charge in [0.15, 0.2) is 0 Å². The number of aliphatic hydroxyl groups excluding tert-OH is 1. The summed E-state index contributed by atoms with van der Waals surface area (Å²) in [7, 11) is -3.62. The molecule has 0 spiro atoms. The monoisotopic (exact) mass is 301 g/mol. The first-order valence-corrected chi connectivity index (χ1v) is 8.30. The van der Waals surface area contributed by atoms with E-state index in [2.05, 4.69) is 4.72 Å². The van der Waals surface area contributed by atoms with Crippen LogP contribution in [0.1, 0.15) is 31.2 Å². The van der Waals surface area contributed by atoms with Crippen LogP contribution in [0.4, 0.5) is 4.39 Å². The van der Waals surface area contributed by atoms with E-state index >= 15 is 0 Å². The summed E-state index contributed by atoms with van der Waals surface area (Å²) in [5.41, 5.74) is 0.390. The van der Waals surface area contributed by atoms with Crippen molar-refractivity contribution in [1.29, 1.82) is 0 Å². The van der Waals surface area contributed by atoms with Crippen molar-refractivity contribution in [2.75, 3.05) is 6.54 Å². The maximum absolute atomic E-state index is 13.0. The highest BCUT2D eigenvalue weighted by Crippen LogP contribution is 2.24. The summed E-state index contributed by atoms with van der Waals surface area (Å²) in [4.78, 5) is 0.107. The second-order valence-corrected chi connectivity index (χ2v) is 7.18. The van der Waals surface area contributed by atoms with Gasteiger partial charge in [0.25, 0.3) is 0 Å². The third-order valence-corrected chi connectivity index (χ3v) is 5.33. The number of aliphatic hydroxyl groups is 1. The lowest BCUT2D eigenvalue weighted by molar-refractivity contribution is 0.102. The fourth-order valence-corrected chi connectivity index (χ4v) is 4.01. The van der Waals surface area contributed by atoms with Gasteiger partial charge in [-0.15, -0.1) is 0 Å². The van der Waals surface area contributed by atoms with E-state index in [-0.39, 0.29) is 16.9 Å². The molecule has 2 N–H and O–H groups in total. The van der Waals surface area contributed by atoms with Crippen molar-refractivity contribution < 1.29 is 17.9 Å². The number of hydrogen-bond acceptors (Lipinski definition) is 3. The Morgan fingerprint density at radius 1 is 1.40 bits per heavy atom. The molecule has 1 aliphatic carbocycles. The van der Waals surface area contributed by atoms with Gasteiger partial charge in [-0.25, -0.2) is 17.5 Å². The van der Waals surface area contributed by atoms with Crippen LogP contribution in [-0.4, -0.2) is 26.2 Å². The molecule has 0 aliphatic heterocycles. The second-order valence-electron chi connectivity index (χ2n) is 5.45. The molecule has 0 heterocycles. The van der Waals surface area contributed by atoms with Crippen molar-refractivity contribution in [1.82, 2.24) is 4.72 Å². The van der Waals surface area contributed by atoms with Crippen molar-refractivity contribution in [3.63, 3.8) is 0 Å². The number of aryl methyl sites for hydroxylation is 1. The van der Waals surface area contributed by atoms with Crippen molar-refractivity contribution in [2.45, 2.75) is 43.6 Å². The second kappa shape index (κ2) is 6.20. The molecule has 0 amide bonds. The van der Waals surface area contributed by atoms with Crippen molar-refractivity contribution in [3.8, 4) is 0 Å². The summed E-state index contributed by atoms with van der Waals surface area (Å²) in [6, 6.07) is 3.63. The Balaban J connectivity index is 2.03. The normalized spacial score (nSPS) is 23.8. The Morgan fingerprint density at radius 2 is 2.15 bits per heavy atom. The first-order valence-electron chi connectivity index (χ1n) is 6.82. The van der Waals surface area contributed by atoms with Crippen LogP contribution in [-0.2, 0) is 10.0 Å². The number of hydrogen-bond donors (Lipinski definition) is 2. The van der Waals surface area contributed by atoms with Gasteiger partial charge >= 0.3 is 0 Å². The van der Waals surface area contributed by atoms with Crippen LogP contribution in [0.25, 0.3) is 0 Å². The summed E-state index contributed by atoms with van der Waals surface area (Å²) in [5, 5.41) is 9.58. The molecular formula is C14H20FNO3S. The van der Waals surface area contributed by atoms with Crippen LogP contribution in [0.2, 0.25) is 0 Å². The predicted octanol–water partition coefficient (Wildman–Crippen LogP) is 1.96. The highest BCUT2D eigenvalue weighted by atomic mass is 32.2. The molecule has 0 saturated heterocycles. The molecule has 1 aromatic rings. The quantitative estimate of drug-likeness (QED) is 0.893. The fourth-order valence-electron chi connectivity index (χ4n) is 2.67.